The molecule has 136 valence electrons. The fourth-order valence-electron chi connectivity index (χ4n) is 3.15. The maximum absolute atomic E-state index is 12.2. The number of nitrogens with zero attached hydrogens (tertiary/aromatic N) is 1. The molecule has 1 saturated carbocycles. The van der Waals surface area contributed by atoms with Gasteiger partial charge in [-0.15, -0.1) is 11.3 Å². The molecule has 0 bridgehead atoms. The number of rotatable bonds is 10. The van der Waals surface area contributed by atoms with Gasteiger partial charge in [0.25, 0.3) is 10.0 Å². The van der Waals surface area contributed by atoms with Crippen LogP contribution in [-0.2, 0) is 14.8 Å². The van der Waals surface area contributed by atoms with Crippen LogP contribution in [0.2, 0.25) is 0 Å². The average molecular weight is 373 g/mol. The lowest BCUT2D eigenvalue weighted by Crippen LogP contribution is -2.29. The Hall–Kier alpha value is -0.920. The molecule has 1 aliphatic carbocycles. The van der Waals surface area contributed by atoms with E-state index in [1.54, 1.807) is 24.6 Å². The van der Waals surface area contributed by atoms with Crippen molar-refractivity contribution in [3.8, 4) is 0 Å². The molecule has 24 heavy (non-hydrogen) atoms. The summed E-state index contributed by atoms with van der Waals surface area (Å²) < 4.78 is 26.2. The van der Waals surface area contributed by atoms with E-state index in [9.17, 15) is 13.2 Å². The van der Waals surface area contributed by atoms with E-state index in [4.69, 9.17) is 0 Å². The Morgan fingerprint density at radius 1 is 1.33 bits per heavy atom. The molecule has 1 aliphatic rings. The van der Waals surface area contributed by atoms with Crippen LogP contribution >= 0.6 is 11.3 Å². The minimum absolute atomic E-state index is 0.0170. The molecule has 1 fully saturated rings. The summed E-state index contributed by atoms with van der Waals surface area (Å²) in [6.07, 6.45) is 8.57. The number of carbonyl (C=O) groups is 1. The minimum atomic E-state index is -3.40. The Labute approximate surface area is 149 Å². The van der Waals surface area contributed by atoms with Crippen LogP contribution in [0.5, 0.6) is 0 Å². The van der Waals surface area contributed by atoms with Crippen LogP contribution in [0.3, 0.4) is 0 Å². The minimum Gasteiger partial charge on any atom is -0.356 e. The predicted octanol–water partition coefficient (Wildman–Crippen LogP) is 3.24. The zero-order chi connectivity index (χ0) is 17.4. The molecule has 1 heterocycles. The molecule has 2 rings (SSSR count). The van der Waals surface area contributed by atoms with Gasteiger partial charge >= 0.3 is 0 Å². The van der Waals surface area contributed by atoms with Crippen molar-refractivity contribution in [3.63, 3.8) is 0 Å². The third kappa shape index (κ3) is 5.86. The number of hydrogen-bond acceptors (Lipinski definition) is 4. The summed E-state index contributed by atoms with van der Waals surface area (Å²) in [5, 5.41) is 4.69. The molecule has 5 nitrogen and oxygen atoms in total. The van der Waals surface area contributed by atoms with Gasteiger partial charge in [0.2, 0.25) is 5.91 Å². The van der Waals surface area contributed by atoms with E-state index in [0.29, 0.717) is 23.6 Å². The maximum atomic E-state index is 12.2. The normalized spacial score (nSPS) is 15.9. The second-order valence-electron chi connectivity index (χ2n) is 6.50. The molecule has 0 aliphatic heterocycles. The lowest BCUT2D eigenvalue weighted by atomic mass is 10.0. The lowest BCUT2D eigenvalue weighted by molar-refractivity contribution is -0.121. The van der Waals surface area contributed by atoms with Gasteiger partial charge in [-0.1, -0.05) is 31.7 Å². The first-order chi connectivity index (χ1) is 11.5. The predicted molar refractivity (Wildman–Crippen MR) is 97.6 cm³/mol. The van der Waals surface area contributed by atoms with E-state index in [0.717, 1.165) is 18.9 Å². The molecule has 0 saturated heterocycles. The van der Waals surface area contributed by atoms with Crippen molar-refractivity contribution in [1.29, 1.82) is 0 Å². The number of carbonyl (C=O) groups excluding carboxylic acids is 1. The standard InChI is InChI=1S/C17H28N2O3S2/c1-19(24(21,22)17-11-6-14-23-17)13-5-10-16(20)18-12-4-9-15-7-2-3-8-15/h6,11,14-15H,2-5,7-10,12-13H2,1H3,(H,18,20). The second-order valence-corrected chi connectivity index (χ2v) is 9.72. The van der Waals surface area contributed by atoms with Crippen LogP contribution in [-0.4, -0.2) is 38.8 Å². The fourth-order valence-corrected chi connectivity index (χ4v) is 5.56. The average Bonchev–Trinajstić information content (AvgIpc) is 3.24. The summed E-state index contributed by atoms with van der Waals surface area (Å²) in [5.41, 5.74) is 0. The van der Waals surface area contributed by atoms with E-state index in [1.165, 1.54) is 47.7 Å². The smallest absolute Gasteiger partial charge is 0.252 e. The van der Waals surface area contributed by atoms with Crippen molar-refractivity contribution >= 4 is 27.3 Å². The summed E-state index contributed by atoms with van der Waals surface area (Å²) in [6.45, 7) is 1.09. The van der Waals surface area contributed by atoms with Crippen molar-refractivity contribution in [2.45, 2.75) is 55.6 Å². The first-order valence-electron chi connectivity index (χ1n) is 8.76. The van der Waals surface area contributed by atoms with Crippen LogP contribution in [0.1, 0.15) is 51.4 Å². The van der Waals surface area contributed by atoms with Gasteiger partial charge in [0.15, 0.2) is 0 Å². The molecule has 7 heteroatoms. The van der Waals surface area contributed by atoms with Gasteiger partial charge in [-0.2, -0.15) is 0 Å². The summed E-state index contributed by atoms with van der Waals surface area (Å²) >= 11 is 1.21. The Morgan fingerprint density at radius 3 is 2.75 bits per heavy atom. The summed E-state index contributed by atoms with van der Waals surface area (Å²) in [4.78, 5) is 11.8. The Bertz CT molecular complexity index is 593. The maximum Gasteiger partial charge on any atom is 0.252 e. The van der Waals surface area contributed by atoms with Crippen molar-refractivity contribution < 1.29 is 13.2 Å². The van der Waals surface area contributed by atoms with Gasteiger partial charge in [-0.05, 0) is 36.6 Å². The van der Waals surface area contributed by atoms with Gasteiger partial charge in [0.05, 0.1) is 0 Å². The van der Waals surface area contributed by atoms with Crippen LogP contribution < -0.4 is 5.32 Å². The molecule has 0 aromatic carbocycles. The number of amides is 1. The summed E-state index contributed by atoms with van der Waals surface area (Å²) in [7, 11) is -1.84. The molecule has 1 amide bonds. The van der Waals surface area contributed by atoms with Crippen LogP contribution in [0.25, 0.3) is 0 Å². The second kappa shape index (κ2) is 9.53. The van der Waals surface area contributed by atoms with Crippen molar-refractivity contribution in [2.75, 3.05) is 20.1 Å². The third-order valence-electron chi connectivity index (χ3n) is 4.62. The molecule has 0 spiro atoms. The van der Waals surface area contributed by atoms with Crippen LogP contribution in [0.4, 0.5) is 0 Å². The molecule has 0 radical (unpaired) electrons. The highest BCUT2D eigenvalue weighted by Crippen LogP contribution is 2.28. The van der Waals surface area contributed by atoms with Crippen molar-refractivity contribution in [3.05, 3.63) is 17.5 Å². The Morgan fingerprint density at radius 2 is 2.08 bits per heavy atom. The van der Waals surface area contributed by atoms with Gasteiger partial charge < -0.3 is 5.32 Å². The first-order valence-corrected chi connectivity index (χ1v) is 11.1. The number of sulfonamides is 1. The highest BCUT2D eigenvalue weighted by molar-refractivity contribution is 7.91. The molecule has 1 N–H and O–H groups in total. The van der Waals surface area contributed by atoms with Crippen LogP contribution in [0, 0.1) is 5.92 Å². The van der Waals surface area contributed by atoms with E-state index >= 15 is 0 Å². The number of hydrogen-bond donors (Lipinski definition) is 1. The highest BCUT2D eigenvalue weighted by Gasteiger charge is 2.21. The largest absolute Gasteiger partial charge is 0.356 e. The fraction of sp³-hybridized carbons (Fsp3) is 0.706. The molecule has 0 atom stereocenters. The molecule has 0 unspecified atom stereocenters. The topological polar surface area (TPSA) is 66.5 Å². The quantitative estimate of drug-likeness (QED) is 0.641. The monoisotopic (exact) mass is 372 g/mol. The number of nitrogens with one attached hydrogen (secondary N) is 1. The van der Waals surface area contributed by atoms with Gasteiger partial charge in [0.1, 0.15) is 4.21 Å². The zero-order valence-electron chi connectivity index (χ0n) is 14.4. The van der Waals surface area contributed by atoms with Gasteiger partial charge in [-0.25, -0.2) is 12.7 Å². The van der Waals surface area contributed by atoms with E-state index in [-0.39, 0.29) is 5.91 Å². The zero-order valence-corrected chi connectivity index (χ0v) is 16.0. The third-order valence-corrected chi connectivity index (χ3v) is 7.85. The van der Waals surface area contributed by atoms with E-state index in [2.05, 4.69) is 5.32 Å². The SMILES string of the molecule is CN(CCCC(=O)NCCCC1CCCC1)S(=O)(=O)c1cccs1. The van der Waals surface area contributed by atoms with Crippen LogP contribution in [0.15, 0.2) is 21.7 Å². The number of thiophene rings is 1. The molecule has 1 aromatic rings. The molecular weight excluding hydrogens is 344 g/mol. The Kier molecular flexibility index (Phi) is 7.71. The van der Waals surface area contributed by atoms with Gasteiger partial charge in [0, 0.05) is 26.6 Å². The summed E-state index contributed by atoms with van der Waals surface area (Å²) in [6, 6.07) is 3.33. The van der Waals surface area contributed by atoms with Crippen molar-refractivity contribution in [1.82, 2.24) is 9.62 Å². The molecular formula is C17H28N2O3S2. The molecule has 1 aromatic heterocycles. The first kappa shape index (κ1) is 19.4. The summed E-state index contributed by atoms with van der Waals surface area (Å²) in [5.74, 6) is 0.876. The highest BCUT2D eigenvalue weighted by atomic mass is 32.2. The Balaban J connectivity index is 1.58. The van der Waals surface area contributed by atoms with Gasteiger partial charge in [-0.3, -0.25) is 4.79 Å². The van der Waals surface area contributed by atoms with E-state index < -0.39 is 10.0 Å². The van der Waals surface area contributed by atoms with E-state index in [1.807, 2.05) is 0 Å². The lowest BCUT2D eigenvalue weighted by Gasteiger charge is -2.15. The van der Waals surface area contributed by atoms with Crippen molar-refractivity contribution in [2.24, 2.45) is 5.92 Å².